The van der Waals surface area contributed by atoms with Crippen molar-refractivity contribution in [1.29, 1.82) is 0 Å². The maximum atomic E-state index is 11.9. The average Bonchev–Trinajstić information content (AvgIpc) is 2.83. The summed E-state index contributed by atoms with van der Waals surface area (Å²) in [6, 6.07) is 0.560. The molecule has 2 rings (SSSR count). The predicted octanol–water partition coefficient (Wildman–Crippen LogP) is 1.62. The van der Waals surface area contributed by atoms with Crippen LogP contribution in [0.2, 0.25) is 0 Å². The Hall–Kier alpha value is -1.10. The smallest absolute Gasteiger partial charge is 0.317 e. The molecule has 2 N–H and O–H groups in total. The van der Waals surface area contributed by atoms with Crippen LogP contribution in [0.25, 0.3) is 0 Å². The van der Waals surface area contributed by atoms with E-state index < -0.39 is 5.97 Å². The largest absolute Gasteiger partial charge is 0.480 e. The maximum Gasteiger partial charge on any atom is 0.317 e. The molecule has 5 heteroatoms. The van der Waals surface area contributed by atoms with Gasteiger partial charge in [0, 0.05) is 18.5 Å². The minimum absolute atomic E-state index is 0.101. The van der Waals surface area contributed by atoms with Crippen LogP contribution < -0.4 is 5.32 Å². The molecule has 114 valence electrons. The van der Waals surface area contributed by atoms with Gasteiger partial charge in [0.15, 0.2) is 0 Å². The van der Waals surface area contributed by atoms with Crippen LogP contribution in [0.15, 0.2) is 0 Å². The topological polar surface area (TPSA) is 69.6 Å². The highest BCUT2D eigenvalue weighted by atomic mass is 16.4. The van der Waals surface area contributed by atoms with Crippen LogP contribution in [-0.2, 0) is 9.59 Å². The minimum Gasteiger partial charge on any atom is -0.480 e. The Bertz CT molecular complexity index is 347. The summed E-state index contributed by atoms with van der Waals surface area (Å²) in [6.45, 7) is 2.83. The second-order valence-electron chi connectivity index (χ2n) is 6.20. The van der Waals surface area contributed by atoms with Crippen molar-refractivity contribution in [3.05, 3.63) is 0 Å². The van der Waals surface area contributed by atoms with Gasteiger partial charge in [-0.3, -0.25) is 14.5 Å². The number of hydrogen-bond donors (Lipinski definition) is 2. The molecule has 1 amide bonds. The lowest BCUT2D eigenvalue weighted by molar-refractivity contribution is -0.139. The monoisotopic (exact) mass is 282 g/mol. The molecular weight excluding hydrogens is 256 g/mol. The van der Waals surface area contributed by atoms with Gasteiger partial charge in [-0.25, -0.2) is 0 Å². The van der Waals surface area contributed by atoms with Crippen molar-refractivity contribution in [3.8, 4) is 0 Å². The Morgan fingerprint density at radius 2 is 1.90 bits per heavy atom. The molecule has 0 radical (unpaired) electrons. The van der Waals surface area contributed by atoms with Crippen LogP contribution in [0.5, 0.6) is 0 Å². The van der Waals surface area contributed by atoms with E-state index in [1.165, 1.54) is 25.7 Å². The molecule has 0 bridgehead atoms. The Morgan fingerprint density at radius 3 is 2.45 bits per heavy atom. The quantitative estimate of drug-likeness (QED) is 0.744. The Kier molecular flexibility index (Phi) is 5.40. The van der Waals surface area contributed by atoms with Gasteiger partial charge in [-0.1, -0.05) is 19.8 Å². The van der Waals surface area contributed by atoms with Gasteiger partial charge in [0.25, 0.3) is 0 Å². The van der Waals surface area contributed by atoms with Crippen LogP contribution in [0, 0.1) is 5.92 Å². The number of nitrogens with zero attached hydrogens (tertiary/aromatic N) is 1. The Morgan fingerprint density at radius 1 is 1.25 bits per heavy atom. The third kappa shape index (κ3) is 4.20. The molecule has 0 saturated heterocycles. The zero-order chi connectivity index (χ0) is 14.5. The van der Waals surface area contributed by atoms with Crippen molar-refractivity contribution in [2.45, 2.75) is 64.0 Å². The fourth-order valence-electron chi connectivity index (χ4n) is 3.44. The van der Waals surface area contributed by atoms with Crippen LogP contribution in [0.1, 0.15) is 51.9 Å². The molecule has 0 aromatic heterocycles. The third-order valence-electron chi connectivity index (χ3n) is 4.69. The van der Waals surface area contributed by atoms with E-state index in [0.29, 0.717) is 18.4 Å². The number of nitrogens with one attached hydrogen (secondary N) is 1. The summed E-state index contributed by atoms with van der Waals surface area (Å²) in [6.07, 6.45) is 7.38. The van der Waals surface area contributed by atoms with Crippen molar-refractivity contribution in [1.82, 2.24) is 10.2 Å². The van der Waals surface area contributed by atoms with E-state index in [-0.39, 0.29) is 18.5 Å². The fraction of sp³-hybridized carbons (Fsp3) is 0.867. The number of hydrogen-bond acceptors (Lipinski definition) is 3. The predicted molar refractivity (Wildman–Crippen MR) is 76.4 cm³/mol. The van der Waals surface area contributed by atoms with Gasteiger partial charge >= 0.3 is 5.97 Å². The van der Waals surface area contributed by atoms with Crippen LogP contribution in [-0.4, -0.2) is 47.1 Å². The zero-order valence-electron chi connectivity index (χ0n) is 12.3. The average molecular weight is 282 g/mol. The first-order chi connectivity index (χ1) is 9.58. The number of aliphatic carboxylic acids is 1. The zero-order valence-corrected chi connectivity index (χ0v) is 12.3. The Labute approximate surface area is 120 Å². The molecule has 0 aromatic carbocycles. The van der Waals surface area contributed by atoms with Crippen LogP contribution in [0.4, 0.5) is 0 Å². The molecule has 0 aromatic rings. The second kappa shape index (κ2) is 7.07. The van der Waals surface area contributed by atoms with Gasteiger partial charge in [-0.05, 0) is 38.1 Å². The van der Waals surface area contributed by atoms with Crippen molar-refractivity contribution >= 4 is 11.9 Å². The van der Waals surface area contributed by atoms with E-state index in [9.17, 15) is 9.59 Å². The summed E-state index contributed by atoms with van der Waals surface area (Å²) < 4.78 is 0. The summed E-state index contributed by atoms with van der Waals surface area (Å²) in [4.78, 5) is 24.6. The van der Waals surface area contributed by atoms with Gasteiger partial charge in [0.1, 0.15) is 0 Å². The van der Waals surface area contributed by atoms with Crippen molar-refractivity contribution < 1.29 is 14.7 Å². The first kappa shape index (κ1) is 15.3. The fourth-order valence-corrected chi connectivity index (χ4v) is 3.44. The van der Waals surface area contributed by atoms with Crippen molar-refractivity contribution in [2.24, 2.45) is 5.92 Å². The van der Waals surface area contributed by atoms with Gasteiger partial charge in [-0.2, -0.15) is 0 Å². The lowest BCUT2D eigenvalue weighted by atomic mass is 9.85. The summed E-state index contributed by atoms with van der Waals surface area (Å²) in [5.74, 6) is -0.00720. The molecule has 2 aliphatic carbocycles. The first-order valence-corrected chi connectivity index (χ1v) is 7.83. The molecule has 5 nitrogen and oxygen atoms in total. The maximum absolute atomic E-state index is 11.9. The number of carboxylic acids is 1. The third-order valence-corrected chi connectivity index (χ3v) is 4.69. The molecule has 0 aliphatic heterocycles. The molecule has 0 spiro atoms. The van der Waals surface area contributed by atoms with Gasteiger partial charge in [-0.15, -0.1) is 0 Å². The lowest BCUT2D eigenvalue weighted by Gasteiger charge is -2.42. The number of likely N-dealkylation sites (N-methyl/N-ethyl adjacent to an activating group) is 1. The molecule has 0 heterocycles. The SMILES string of the molecule is CCN(CC(=O)O)C1CC(NC(=O)CC2CCCC2)C1. The van der Waals surface area contributed by atoms with E-state index in [1.807, 2.05) is 11.8 Å². The highest BCUT2D eigenvalue weighted by molar-refractivity contribution is 5.76. The highest BCUT2D eigenvalue weighted by Gasteiger charge is 2.34. The molecule has 0 atom stereocenters. The van der Waals surface area contributed by atoms with Crippen LogP contribution >= 0.6 is 0 Å². The summed E-state index contributed by atoms with van der Waals surface area (Å²) >= 11 is 0. The number of carboxylic acid groups (broad SMARTS) is 1. The number of carbonyl (C=O) groups is 2. The van der Waals surface area contributed by atoms with E-state index in [2.05, 4.69) is 5.32 Å². The minimum atomic E-state index is -0.777. The first-order valence-electron chi connectivity index (χ1n) is 7.83. The number of amides is 1. The summed E-state index contributed by atoms with van der Waals surface area (Å²) in [5, 5.41) is 11.9. The van der Waals surface area contributed by atoms with Gasteiger partial charge in [0.2, 0.25) is 5.91 Å². The normalized spacial score (nSPS) is 26.5. The number of rotatable bonds is 7. The Balaban J connectivity index is 1.65. The molecule has 0 unspecified atom stereocenters. The molecule has 20 heavy (non-hydrogen) atoms. The van der Waals surface area contributed by atoms with E-state index in [0.717, 1.165) is 19.4 Å². The van der Waals surface area contributed by atoms with Gasteiger partial charge in [0.05, 0.1) is 6.54 Å². The van der Waals surface area contributed by atoms with Crippen molar-refractivity contribution in [3.63, 3.8) is 0 Å². The van der Waals surface area contributed by atoms with Crippen molar-refractivity contribution in [2.75, 3.05) is 13.1 Å². The number of carbonyl (C=O) groups excluding carboxylic acids is 1. The standard InChI is InChI=1S/C15H26N2O3/c1-2-17(10-15(19)20)13-8-12(9-13)16-14(18)7-11-5-3-4-6-11/h11-13H,2-10H2,1H3,(H,16,18)(H,19,20). The van der Waals surface area contributed by atoms with E-state index >= 15 is 0 Å². The molecule has 2 aliphatic rings. The summed E-state index contributed by atoms with van der Waals surface area (Å²) in [7, 11) is 0. The highest BCUT2D eigenvalue weighted by Crippen LogP contribution is 2.29. The van der Waals surface area contributed by atoms with Crippen LogP contribution in [0.3, 0.4) is 0 Å². The molecular formula is C15H26N2O3. The lowest BCUT2D eigenvalue weighted by Crippen LogP contribution is -2.54. The van der Waals surface area contributed by atoms with Gasteiger partial charge < -0.3 is 10.4 Å². The van der Waals surface area contributed by atoms with E-state index in [4.69, 9.17) is 5.11 Å². The second-order valence-corrected chi connectivity index (χ2v) is 6.20. The summed E-state index contributed by atoms with van der Waals surface area (Å²) in [5.41, 5.74) is 0. The van der Waals surface area contributed by atoms with E-state index in [1.54, 1.807) is 0 Å². The molecule has 2 saturated carbocycles. The molecule has 2 fully saturated rings.